The average molecular weight is 265 g/mol. The zero-order valence-electron chi connectivity index (χ0n) is 9.77. The van der Waals surface area contributed by atoms with Crippen LogP contribution in [0.15, 0.2) is 12.3 Å². The summed E-state index contributed by atoms with van der Waals surface area (Å²) in [5, 5.41) is 13.0. The zero-order valence-corrected chi connectivity index (χ0v) is 11.4. The van der Waals surface area contributed by atoms with Gasteiger partial charge in [-0.25, -0.2) is 4.98 Å². The molecule has 5 heteroatoms. The van der Waals surface area contributed by atoms with Crippen LogP contribution in [0, 0.1) is 18.3 Å². The maximum atomic E-state index is 9.10. The molecule has 0 spiro atoms. The van der Waals surface area contributed by atoms with Crippen molar-refractivity contribution in [2.75, 3.05) is 29.1 Å². The largest absolute Gasteiger partial charge is 0.368 e. The van der Waals surface area contributed by atoms with Gasteiger partial charge in [0.15, 0.2) is 0 Å². The second-order valence-electron chi connectivity index (χ2n) is 3.91. The van der Waals surface area contributed by atoms with Crippen molar-refractivity contribution in [3.8, 4) is 6.07 Å². The standard InChI is InChI=1S/C12H15N3S2/c1-9-2-3-14-12(11(9)6-13)15-7-10-8-16-4-5-17-10/h2-3,10H,4-5,7-8H2,1H3,(H,14,15). The van der Waals surface area contributed by atoms with E-state index >= 15 is 0 Å². The van der Waals surface area contributed by atoms with Gasteiger partial charge in [0.05, 0.1) is 5.56 Å². The third-order valence-corrected chi connectivity index (χ3v) is 5.50. The van der Waals surface area contributed by atoms with E-state index in [1.807, 2.05) is 36.5 Å². The lowest BCUT2D eigenvalue weighted by Crippen LogP contribution is -2.23. The third-order valence-electron chi connectivity index (χ3n) is 2.65. The van der Waals surface area contributed by atoms with Gasteiger partial charge in [-0.3, -0.25) is 0 Å². The van der Waals surface area contributed by atoms with Gasteiger partial charge in [0, 0.05) is 35.3 Å². The molecule has 90 valence electrons. The summed E-state index contributed by atoms with van der Waals surface area (Å²) in [4.78, 5) is 4.25. The molecule has 1 N–H and O–H groups in total. The summed E-state index contributed by atoms with van der Waals surface area (Å²) >= 11 is 4.01. The summed E-state index contributed by atoms with van der Waals surface area (Å²) in [6.45, 7) is 2.83. The molecule has 0 saturated carbocycles. The molecule has 1 unspecified atom stereocenters. The predicted octanol–water partition coefficient (Wildman–Crippen LogP) is 2.52. The van der Waals surface area contributed by atoms with Gasteiger partial charge in [-0.1, -0.05) is 0 Å². The van der Waals surface area contributed by atoms with Gasteiger partial charge in [0.1, 0.15) is 11.9 Å². The Morgan fingerprint density at radius 2 is 2.47 bits per heavy atom. The number of thioether (sulfide) groups is 2. The second kappa shape index (κ2) is 6.18. The monoisotopic (exact) mass is 265 g/mol. The minimum absolute atomic E-state index is 0.627. The summed E-state index contributed by atoms with van der Waals surface area (Å²) < 4.78 is 0. The van der Waals surface area contributed by atoms with Crippen molar-refractivity contribution in [3.63, 3.8) is 0 Å². The number of nitriles is 1. The van der Waals surface area contributed by atoms with E-state index in [1.54, 1.807) is 6.20 Å². The second-order valence-corrected chi connectivity index (χ2v) is 6.47. The molecule has 1 aliphatic rings. The SMILES string of the molecule is Cc1ccnc(NCC2CSCCS2)c1C#N. The van der Waals surface area contributed by atoms with Crippen molar-refractivity contribution in [1.29, 1.82) is 5.26 Å². The first-order valence-corrected chi connectivity index (χ1v) is 7.80. The van der Waals surface area contributed by atoms with Gasteiger partial charge in [-0.05, 0) is 18.6 Å². The van der Waals surface area contributed by atoms with E-state index in [0.717, 1.165) is 17.9 Å². The molecule has 0 aromatic carbocycles. The molecule has 1 aromatic rings. The lowest BCUT2D eigenvalue weighted by Gasteiger charge is -2.21. The Kier molecular flexibility index (Phi) is 4.57. The van der Waals surface area contributed by atoms with Crippen LogP contribution >= 0.6 is 23.5 Å². The molecular weight excluding hydrogens is 250 g/mol. The highest BCUT2D eigenvalue weighted by atomic mass is 32.2. The fourth-order valence-corrected chi connectivity index (χ4v) is 4.31. The maximum absolute atomic E-state index is 9.10. The Balaban J connectivity index is 1.99. The summed E-state index contributed by atoms with van der Waals surface area (Å²) in [6.07, 6.45) is 1.75. The molecule has 1 saturated heterocycles. The predicted molar refractivity (Wildman–Crippen MR) is 75.7 cm³/mol. The van der Waals surface area contributed by atoms with Crippen molar-refractivity contribution < 1.29 is 0 Å². The number of hydrogen-bond donors (Lipinski definition) is 1. The Hall–Kier alpha value is -0.860. The number of aromatic nitrogens is 1. The minimum Gasteiger partial charge on any atom is -0.368 e. The van der Waals surface area contributed by atoms with Gasteiger partial charge < -0.3 is 5.32 Å². The highest BCUT2D eigenvalue weighted by Gasteiger charge is 2.15. The summed E-state index contributed by atoms with van der Waals surface area (Å²) in [5.41, 5.74) is 1.65. The number of aryl methyl sites for hydroxylation is 1. The van der Waals surface area contributed by atoms with E-state index in [0.29, 0.717) is 10.8 Å². The molecule has 3 nitrogen and oxygen atoms in total. The molecule has 1 aromatic heterocycles. The van der Waals surface area contributed by atoms with Crippen molar-refractivity contribution in [1.82, 2.24) is 4.98 Å². The van der Waals surface area contributed by atoms with E-state index in [4.69, 9.17) is 5.26 Å². The van der Waals surface area contributed by atoms with E-state index in [2.05, 4.69) is 16.4 Å². The zero-order chi connectivity index (χ0) is 12.1. The van der Waals surface area contributed by atoms with Crippen LogP contribution in [0.1, 0.15) is 11.1 Å². The van der Waals surface area contributed by atoms with E-state index in [-0.39, 0.29) is 0 Å². The highest BCUT2D eigenvalue weighted by Crippen LogP contribution is 2.24. The van der Waals surface area contributed by atoms with Crippen molar-refractivity contribution >= 4 is 29.3 Å². The Morgan fingerprint density at radius 3 is 3.18 bits per heavy atom. The van der Waals surface area contributed by atoms with E-state index in [9.17, 15) is 0 Å². The van der Waals surface area contributed by atoms with Crippen LogP contribution in [-0.2, 0) is 0 Å². The lowest BCUT2D eigenvalue weighted by molar-refractivity contribution is 0.990. The van der Waals surface area contributed by atoms with Crippen LogP contribution in [0.4, 0.5) is 5.82 Å². The molecule has 2 rings (SSSR count). The number of nitrogens with zero attached hydrogens (tertiary/aromatic N) is 2. The molecule has 0 radical (unpaired) electrons. The molecule has 17 heavy (non-hydrogen) atoms. The fraction of sp³-hybridized carbons (Fsp3) is 0.500. The highest BCUT2D eigenvalue weighted by molar-refractivity contribution is 8.06. The third kappa shape index (κ3) is 3.30. The molecular formula is C12H15N3S2. The van der Waals surface area contributed by atoms with Crippen LogP contribution in [0.25, 0.3) is 0 Å². The molecule has 0 bridgehead atoms. The molecule has 0 aliphatic carbocycles. The molecule has 1 atom stereocenters. The number of hydrogen-bond acceptors (Lipinski definition) is 5. The van der Waals surface area contributed by atoms with Crippen LogP contribution in [-0.4, -0.2) is 34.0 Å². The quantitative estimate of drug-likeness (QED) is 0.910. The van der Waals surface area contributed by atoms with E-state index in [1.165, 1.54) is 17.3 Å². The van der Waals surface area contributed by atoms with Crippen LogP contribution < -0.4 is 5.32 Å². The smallest absolute Gasteiger partial charge is 0.144 e. The summed E-state index contributed by atoms with van der Waals surface area (Å²) in [6, 6.07) is 4.08. The van der Waals surface area contributed by atoms with E-state index < -0.39 is 0 Å². The van der Waals surface area contributed by atoms with Gasteiger partial charge >= 0.3 is 0 Å². The molecule has 2 heterocycles. The average Bonchev–Trinajstić information content (AvgIpc) is 2.37. The fourth-order valence-electron chi connectivity index (χ4n) is 1.70. The van der Waals surface area contributed by atoms with Crippen LogP contribution in [0.5, 0.6) is 0 Å². The number of pyridine rings is 1. The van der Waals surface area contributed by atoms with Crippen LogP contribution in [0.2, 0.25) is 0 Å². The topological polar surface area (TPSA) is 48.7 Å². The number of anilines is 1. The number of nitrogens with one attached hydrogen (secondary N) is 1. The Morgan fingerprint density at radius 1 is 1.59 bits per heavy atom. The first kappa shape index (κ1) is 12.6. The molecule has 0 amide bonds. The Labute approximate surface area is 110 Å². The maximum Gasteiger partial charge on any atom is 0.144 e. The molecule has 1 aliphatic heterocycles. The van der Waals surface area contributed by atoms with Gasteiger partial charge in [-0.2, -0.15) is 28.8 Å². The first-order valence-electron chi connectivity index (χ1n) is 5.60. The van der Waals surface area contributed by atoms with Crippen molar-refractivity contribution in [2.45, 2.75) is 12.2 Å². The summed E-state index contributed by atoms with van der Waals surface area (Å²) in [7, 11) is 0. The van der Waals surface area contributed by atoms with Crippen molar-refractivity contribution in [2.24, 2.45) is 0 Å². The van der Waals surface area contributed by atoms with Gasteiger partial charge in [-0.15, -0.1) is 0 Å². The Bertz CT molecular complexity index is 422. The van der Waals surface area contributed by atoms with Crippen molar-refractivity contribution in [3.05, 3.63) is 23.4 Å². The van der Waals surface area contributed by atoms with Gasteiger partial charge in [0.25, 0.3) is 0 Å². The lowest BCUT2D eigenvalue weighted by atomic mass is 10.1. The summed E-state index contributed by atoms with van der Waals surface area (Å²) in [5.74, 6) is 4.39. The number of rotatable bonds is 3. The normalized spacial score (nSPS) is 19.6. The molecule has 1 fully saturated rings. The van der Waals surface area contributed by atoms with Crippen LogP contribution in [0.3, 0.4) is 0 Å². The van der Waals surface area contributed by atoms with Gasteiger partial charge in [0.2, 0.25) is 0 Å². The first-order chi connectivity index (χ1) is 8.31. The minimum atomic E-state index is 0.627.